The number of ether oxygens (including phenoxy) is 1. The molecule has 0 spiro atoms. The second-order valence-electron chi connectivity index (χ2n) is 6.92. The van der Waals surface area contributed by atoms with Crippen LogP contribution < -0.4 is 10.1 Å². The number of nitrogens with zero attached hydrogens (tertiary/aromatic N) is 4. The van der Waals surface area contributed by atoms with Gasteiger partial charge in [-0.3, -0.25) is 14.9 Å². The van der Waals surface area contributed by atoms with Crippen molar-refractivity contribution in [2.45, 2.75) is 13.5 Å². The van der Waals surface area contributed by atoms with Crippen molar-refractivity contribution in [3.05, 3.63) is 106 Å². The number of amides is 1. The summed E-state index contributed by atoms with van der Waals surface area (Å²) in [6.07, 6.45) is 0. The first-order valence-electron chi connectivity index (χ1n) is 9.79. The largest absolute Gasteiger partial charge is 0.457 e. The highest BCUT2D eigenvalue weighted by atomic mass is 16.6. The van der Waals surface area contributed by atoms with Crippen molar-refractivity contribution >= 4 is 11.6 Å². The van der Waals surface area contributed by atoms with Gasteiger partial charge >= 0.3 is 0 Å². The molecule has 32 heavy (non-hydrogen) atoms. The minimum atomic E-state index is -0.488. The van der Waals surface area contributed by atoms with E-state index in [9.17, 15) is 14.9 Å². The summed E-state index contributed by atoms with van der Waals surface area (Å²) in [6, 6.07) is 22.8. The smallest absolute Gasteiger partial charge is 0.274 e. The second-order valence-corrected chi connectivity index (χ2v) is 6.92. The van der Waals surface area contributed by atoms with Crippen LogP contribution in [0.3, 0.4) is 0 Å². The number of nitro groups is 1. The molecule has 0 fully saturated rings. The van der Waals surface area contributed by atoms with Crippen LogP contribution in [0.1, 0.15) is 21.7 Å². The predicted octanol–water partition coefficient (Wildman–Crippen LogP) is 4.21. The lowest BCUT2D eigenvalue weighted by Gasteiger charge is -2.11. The monoisotopic (exact) mass is 429 g/mol. The lowest BCUT2D eigenvalue weighted by Crippen LogP contribution is -2.24. The standard InChI is InChI=1S/C23H19N5O4/c1-16-22(25-26-27(16)18-9-7-10-19(14-18)28(30)31)23(29)24-15-17-8-5-6-13-21(17)32-20-11-3-2-4-12-20/h2-14H,15H2,1H3,(H,24,29). The first-order valence-corrected chi connectivity index (χ1v) is 9.79. The molecule has 3 aromatic carbocycles. The van der Waals surface area contributed by atoms with Gasteiger partial charge in [0.05, 0.1) is 16.3 Å². The predicted molar refractivity (Wildman–Crippen MR) is 117 cm³/mol. The van der Waals surface area contributed by atoms with Crippen LogP contribution in [0, 0.1) is 17.0 Å². The number of carbonyl (C=O) groups is 1. The molecule has 0 saturated carbocycles. The molecule has 0 atom stereocenters. The molecule has 1 N–H and O–H groups in total. The van der Waals surface area contributed by atoms with E-state index in [1.54, 1.807) is 19.1 Å². The molecule has 4 aromatic rings. The van der Waals surface area contributed by atoms with Gasteiger partial charge in [0.1, 0.15) is 11.5 Å². The fraction of sp³-hybridized carbons (Fsp3) is 0.0870. The highest BCUT2D eigenvalue weighted by Gasteiger charge is 2.19. The average Bonchev–Trinajstić information content (AvgIpc) is 3.20. The number of hydrogen-bond donors (Lipinski definition) is 1. The van der Waals surface area contributed by atoms with Gasteiger partial charge in [0.25, 0.3) is 11.6 Å². The van der Waals surface area contributed by atoms with Gasteiger partial charge in [-0.05, 0) is 31.2 Å². The topological polar surface area (TPSA) is 112 Å². The van der Waals surface area contributed by atoms with Crippen molar-refractivity contribution in [1.82, 2.24) is 20.3 Å². The molecule has 1 amide bonds. The van der Waals surface area contributed by atoms with E-state index in [-0.39, 0.29) is 17.9 Å². The summed E-state index contributed by atoms with van der Waals surface area (Å²) in [7, 11) is 0. The first kappa shape index (κ1) is 20.7. The van der Waals surface area contributed by atoms with E-state index in [1.165, 1.54) is 16.8 Å². The maximum absolute atomic E-state index is 12.8. The Bertz CT molecular complexity index is 1270. The van der Waals surface area contributed by atoms with Crippen molar-refractivity contribution in [3.8, 4) is 17.2 Å². The van der Waals surface area contributed by atoms with Gasteiger partial charge in [-0.1, -0.05) is 47.7 Å². The second kappa shape index (κ2) is 9.09. The van der Waals surface area contributed by atoms with Crippen molar-refractivity contribution in [3.63, 3.8) is 0 Å². The molecule has 0 radical (unpaired) electrons. The summed E-state index contributed by atoms with van der Waals surface area (Å²) in [5, 5.41) is 21.8. The highest BCUT2D eigenvalue weighted by Crippen LogP contribution is 2.25. The van der Waals surface area contributed by atoms with Gasteiger partial charge in [-0.25, -0.2) is 4.68 Å². The average molecular weight is 429 g/mol. The van der Waals surface area contributed by atoms with Crippen LogP contribution >= 0.6 is 0 Å². The van der Waals surface area contributed by atoms with Crippen LogP contribution in [0.15, 0.2) is 78.9 Å². The molecule has 9 heteroatoms. The van der Waals surface area contributed by atoms with Crippen LogP contribution in [-0.2, 0) is 6.54 Å². The third-order valence-electron chi connectivity index (χ3n) is 4.78. The fourth-order valence-electron chi connectivity index (χ4n) is 3.15. The van der Waals surface area contributed by atoms with E-state index in [2.05, 4.69) is 15.6 Å². The van der Waals surface area contributed by atoms with Gasteiger partial charge in [0.2, 0.25) is 0 Å². The lowest BCUT2D eigenvalue weighted by atomic mass is 10.2. The van der Waals surface area contributed by atoms with Crippen LogP contribution in [0.2, 0.25) is 0 Å². The number of nitrogens with one attached hydrogen (secondary N) is 1. The molecule has 0 aliphatic rings. The summed E-state index contributed by atoms with van der Waals surface area (Å²) >= 11 is 0. The summed E-state index contributed by atoms with van der Waals surface area (Å²) in [6.45, 7) is 1.91. The highest BCUT2D eigenvalue weighted by molar-refractivity contribution is 5.93. The van der Waals surface area contributed by atoms with Crippen LogP contribution in [0.25, 0.3) is 5.69 Å². The molecule has 0 saturated heterocycles. The number of nitro benzene ring substituents is 1. The zero-order valence-electron chi connectivity index (χ0n) is 17.1. The molecule has 160 valence electrons. The zero-order chi connectivity index (χ0) is 22.5. The summed E-state index contributed by atoms with van der Waals surface area (Å²) < 4.78 is 7.32. The third kappa shape index (κ3) is 4.46. The number of carbonyl (C=O) groups excluding carboxylic acids is 1. The van der Waals surface area contributed by atoms with E-state index in [1.807, 2.05) is 54.6 Å². The number of aromatic nitrogens is 3. The Hall–Kier alpha value is -4.53. The minimum Gasteiger partial charge on any atom is -0.457 e. The Balaban J connectivity index is 1.49. The Morgan fingerprint density at radius 1 is 1.06 bits per heavy atom. The Labute approximate surface area is 183 Å². The van der Waals surface area contributed by atoms with E-state index in [0.717, 1.165) is 5.56 Å². The lowest BCUT2D eigenvalue weighted by molar-refractivity contribution is -0.384. The molecule has 4 rings (SSSR count). The Morgan fingerprint density at radius 2 is 1.81 bits per heavy atom. The van der Waals surface area contributed by atoms with Gasteiger partial charge in [0, 0.05) is 24.2 Å². The maximum atomic E-state index is 12.8. The number of benzene rings is 3. The fourth-order valence-corrected chi connectivity index (χ4v) is 3.15. The third-order valence-corrected chi connectivity index (χ3v) is 4.78. The van der Waals surface area contributed by atoms with Gasteiger partial charge in [-0.2, -0.15) is 0 Å². The van der Waals surface area contributed by atoms with Gasteiger partial charge in [-0.15, -0.1) is 5.10 Å². The normalized spacial score (nSPS) is 10.5. The van der Waals surface area contributed by atoms with Crippen molar-refractivity contribution in [2.75, 3.05) is 0 Å². The van der Waals surface area contributed by atoms with Crippen LogP contribution in [-0.4, -0.2) is 25.8 Å². The zero-order valence-corrected chi connectivity index (χ0v) is 17.1. The summed E-state index contributed by atoms with van der Waals surface area (Å²) in [4.78, 5) is 23.3. The van der Waals surface area contributed by atoms with E-state index in [0.29, 0.717) is 22.9 Å². The number of non-ortho nitro benzene ring substituents is 1. The molecule has 0 aliphatic heterocycles. The van der Waals surface area contributed by atoms with Gasteiger partial charge < -0.3 is 10.1 Å². The van der Waals surface area contributed by atoms with Gasteiger partial charge in [0.15, 0.2) is 5.69 Å². The Kier molecular flexibility index (Phi) is 5.89. The van der Waals surface area contributed by atoms with Crippen molar-refractivity contribution in [1.29, 1.82) is 0 Å². The van der Waals surface area contributed by atoms with Crippen LogP contribution in [0.4, 0.5) is 5.69 Å². The molecule has 0 unspecified atom stereocenters. The molecule has 0 bridgehead atoms. The SMILES string of the molecule is Cc1c(C(=O)NCc2ccccc2Oc2ccccc2)nnn1-c1cccc([N+](=O)[O-])c1. The van der Waals surface area contributed by atoms with E-state index >= 15 is 0 Å². The molecule has 0 aliphatic carbocycles. The van der Waals surface area contributed by atoms with E-state index < -0.39 is 10.8 Å². The van der Waals surface area contributed by atoms with Crippen molar-refractivity contribution in [2.24, 2.45) is 0 Å². The summed E-state index contributed by atoms with van der Waals surface area (Å²) in [5.41, 5.74) is 1.78. The van der Waals surface area contributed by atoms with Crippen molar-refractivity contribution < 1.29 is 14.5 Å². The molecule has 9 nitrogen and oxygen atoms in total. The maximum Gasteiger partial charge on any atom is 0.274 e. The number of hydrogen-bond acceptors (Lipinski definition) is 6. The molecular formula is C23H19N5O4. The number of para-hydroxylation sites is 2. The first-order chi connectivity index (χ1) is 15.5. The van der Waals surface area contributed by atoms with E-state index in [4.69, 9.17) is 4.74 Å². The molecule has 1 aromatic heterocycles. The molecular weight excluding hydrogens is 410 g/mol. The quantitative estimate of drug-likeness (QED) is 0.348. The summed E-state index contributed by atoms with van der Waals surface area (Å²) in [5.74, 6) is 0.923. The molecule has 1 heterocycles. The van der Waals surface area contributed by atoms with Crippen LogP contribution in [0.5, 0.6) is 11.5 Å². The minimum absolute atomic E-state index is 0.0709. The Morgan fingerprint density at radius 3 is 2.59 bits per heavy atom. The number of rotatable bonds is 7.